The summed E-state index contributed by atoms with van der Waals surface area (Å²) in [4.78, 5) is 4.34. The van der Waals surface area contributed by atoms with E-state index in [-0.39, 0.29) is 5.41 Å². The number of hydrogen-bond donors (Lipinski definition) is 2. The number of aromatic nitrogens is 1. The Labute approximate surface area is 138 Å². The highest BCUT2D eigenvalue weighted by atomic mass is 16.5. The molecule has 1 saturated carbocycles. The van der Waals surface area contributed by atoms with Gasteiger partial charge in [-0.05, 0) is 12.3 Å². The number of guanidine groups is 1. The summed E-state index contributed by atoms with van der Waals surface area (Å²) in [7, 11) is 1.80. The third-order valence-corrected chi connectivity index (χ3v) is 5.22. The van der Waals surface area contributed by atoms with Crippen molar-refractivity contribution in [3.63, 3.8) is 0 Å². The Morgan fingerprint density at radius 1 is 1.48 bits per heavy atom. The van der Waals surface area contributed by atoms with Gasteiger partial charge >= 0.3 is 0 Å². The third-order valence-electron chi connectivity index (χ3n) is 5.22. The first-order chi connectivity index (χ1) is 10.9. The van der Waals surface area contributed by atoms with Crippen molar-refractivity contribution in [2.45, 2.75) is 58.7 Å². The molecule has 3 unspecified atom stereocenters. The third kappa shape index (κ3) is 2.96. The highest BCUT2D eigenvalue weighted by molar-refractivity contribution is 5.80. The molecule has 0 bridgehead atoms. The first-order valence-electron chi connectivity index (χ1n) is 8.47. The van der Waals surface area contributed by atoms with Gasteiger partial charge in [-0.1, -0.05) is 32.9 Å². The van der Waals surface area contributed by atoms with Crippen LogP contribution in [0.4, 0.5) is 0 Å². The van der Waals surface area contributed by atoms with Crippen LogP contribution in [-0.4, -0.2) is 36.9 Å². The Morgan fingerprint density at radius 2 is 2.26 bits per heavy atom. The number of ether oxygens (including phenoxy) is 1. The number of nitrogens with one attached hydrogen (secondary N) is 2. The van der Waals surface area contributed by atoms with Gasteiger partial charge in [0.05, 0.1) is 18.3 Å². The molecule has 1 saturated heterocycles. The average molecular weight is 320 g/mol. The van der Waals surface area contributed by atoms with Gasteiger partial charge in [0.15, 0.2) is 11.7 Å². The van der Waals surface area contributed by atoms with Crippen LogP contribution in [-0.2, 0) is 11.3 Å². The standard InChI is InChI=1S/C17H28N4O2/c1-10(2)13-8-11(23-21-13)9-19-16(18-5)20-14-12-6-7-22-15(12)17(14,3)4/h8,10,12,14-15H,6-7,9H2,1-5H3,(H2,18,19,20). The molecule has 1 aromatic rings. The number of rotatable bonds is 4. The minimum absolute atomic E-state index is 0.135. The van der Waals surface area contributed by atoms with Crippen LogP contribution >= 0.6 is 0 Å². The van der Waals surface area contributed by atoms with E-state index in [1.807, 2.05) is 6.07 Å². The average Bonchev–Trinajstić information content (AvgIpc) is 3.15. The van der Waals surface area contributed by atoms with Gasteiger partial charge in [0.1, 0.15) is 0 Å². The number of aliphatic imine (C=N–C) groups is 1. The minimum atomic E-state index is 0.135. The van der Waals surface area contributed by atoms with E-state index in [4.69, 9.17) is 9.26 Å². The zero-order chi connectivity index (χ0) is 16.6. The van der Waals surface area contributed by atoms with Gasteiger partial charge < -0.3 is 19.9 Å². The molecule has 0 aromatic carbocycles. The molecule has 6 heteroatoms. The van der Waals surface area contributed by atoms with Gasteiger partial charge in [0, 0.05) is 37.1 Å². The van der Waals surface area contributed by atoms with Gasteiger partial charge in [0.2, 0.25) is 0 Å². The Bertz CT molecular complexity index is 579. The first-order valence-corrected chi connectivity index (χ1v) is 8.47. The van der Waals surface area contributed by atoms with Crippen LogP contribution in [0.1, 0.15) is 51.5 Å². The van der Waals surface area contributed by atoms with Crippen molar-refractivity contribution >= 4 is 5.96 Å². The second-order valence-electron chi connectivity index (χ2n) is 7.49. The van der Waals surface area contributed by atoms with Crippen LogP contribution in [0.2, 0.25) is 0 Å². The molecule has 3 rings (SSSR count). The smallest absolute Gasteiger partial charge is 0.191 e. The van der Waals surface area contributed by atoms with E-state index >= 15 is 0 Å². The summed E-state index contributed by atoms with van der Waals surface area (Å²) >= 11 is 0. The molecule has 0 amide bonds. The lowest BCUT2D eigenvalue weighted by atomic mass is 9.57. The molecule has 1 aliphatic carbocycles. The Morgan fingerprint density at radius 3 is 2.91 bits per heavy atom. The molecule has 1 aromatic heterocycles. The molecule has 2 N–H and O–H groups in total. The molecule has 23 heavy (non-hydrogen) atoms. The van der Waals surface area contributed by atoms with Crippen LogP contribution in [0, 0.1) is 11.3 Å². The van der Waals surface area contributed by atoms with Crippen molar-refractivity contribution in [3.8, 4) is 0 Å². The van der Waals surface area contributed by atoms with Crippen LogP contribution in [0.25, 0.3) is 0 Å². The number of hydrogen-bond acceptors (Lipinski definition) is 4. The highest BCUT2D eigenvalue weighted by Gasteiger charge is 2.59. The molecule has 2 aliphatic rings. The van der Waals surface area contributed by atoms with E-state index in [1.54, 1.807) is 7.05 Å². The maximum Gasteiger partial charge on any atom is 0.191 e. The molecule has 1 aliphatic heterocycles. The summed E-state index contributed by atoms with van der Waals surface area (Å²) in [5, 5.41) is 11.0. The fourth-order valence-electron chi connectivity index (χ4n) is 3.81. The summed E-state index contributed by atoms with van der Waals surface area (Å²) in [6.07, 6.45) is 1.50. The largest absolute Gasteiger partial charge is 0.377 e. The van der Waals surface area contributed by atoms with Crippen molar-refractivity contribution in [2.24, 2.45) is 16.3 Å². The van der Waals surface area contributed by atoms with Crippen molar-refractivity contribution in [1.29, 1.82) is 0 Å². The van der Waals surface area contributed by atoms with Crippen LogP contribution < -0.4 is 10.6 Å². The van der Waals surface area contributed by atoms with Crippen LogP contribution in [0.3, 0.4) is 0 Å². The predicted molar refractivity (Wildman–Crippen MR) is 89.3 cm³/mol. The molecule has 0 spiro atoms. The molecular weight excluding hydrogens is 292 g/mol. The van der Waals surface area contributed by atoms with Crippen LogP contribution in [0.15, 0.2) is 15.6 Å². The lowest BCUT2D eigenvalue weighted by Crippen LogP contribution is -2.67. The van der Waals surface area contributed by atoms with Gasteiger partial charge in [-0.25, -0.2) is 0 Å². The van der Waals surface area contributed by atoms with E-state index in [0.29, 0.717) is 30.5 Å². The summed E-state index contributed by atoms with van der Waals surface area (Å²) in [5.74, 6) is 2.59. The quantitative estimate of drug-likeness (QED) is 0.658. The highest BCUT2D eigenvalue weighted by Crippen LogP contribution is 2.52. The van der Waals surface area contributed by atoms with Crippen molar-refractivity contribution in [2.75, 3.05) is 13.7 Å². The molecule has 3 atom stereocenters. The summed E-state index contributed by atoms with van der Waals surface area (Å²) in [5.41, 5.74) is 1.12. The topological polar surface area (TPSA) is 71.7 Å². The maximum atomic E-state index is 5.84. The van der Waals surface area contributed by atoms with Crippen molar-refractivity contribution in [1.82, 2.24) is 15.8 Å². The van der Waals surface area contributed by atoms with Crippen molar-refractivity contribution < 1.29 is 9.26 Å². The van der Waals surface area contributed by atoms with E-state index in [1.165, 1.54) is 0 Å². The molecular formula is C17H28N4O2. The lowest BCUT2D eigenvalue weighted by Gasteiger charge is -2.54. The normalized spacial score (nSPS) is 29.3. The Balaban J connectivity index is 1.56. The van der Waals surface area contributed by atoms with E-state index in [2.05, 4.69) is 48.5 Å². The fraction of sp³-hybridized carbons (Fsp3) is 0.765. The summed E-state index contributed by atoms with van der Waals surface area (Å²) in [6.45, 7) is 10.2. The molecule has 2 fully saturated rings. The molecule has 6 nitrogen and oxygen atoms in total. The van der Waals surface area contributed by atoms with Crippen LogP contribution in [0.5, 0.6) is 0 Å². The predicted octanol–water partition coefficient (Wildman–Crippen LogP) is 2.28. The minimum Gasteiger partial charge on any atom is -0.377 e. The number of nitrogens with zero attached hydrogens (tertiary/aromatic N) is 2. The monoisotopic (exact) mass is 320 g/mol. The lowest BCUT2D eigenvalue weighted by molar-refractivity contribution is -0.106. The molecule has 0 radical (unpaired) electrons. The fourth-order valence-corrected chi connectivity index (χ4v) is 3.81. The van der Waals surface area contributed by atoms with Gasteiger partial charge in [-0.3, -0.25) is 4.99 Å². The van der Waals surface area contributed by atoms with Gasteiger partial charge in [0.25, 0.3) is 0 Å². The van der Waals surface area contributed by atoms with Gasteiger partial charge in [-0.15, -0.1) is 0 Å². The van der Waals surface area contributed by atoms with E-state index < -0.39 is 0 Å². The van der Waals surface area contributed by atoms with Crippen molar-refractivity contribution in [3.05, 3.63) is 17.5 Å². The zero-order valence-electron chi connectivity index (χ0n) is 14.7. The SMILES string of the molecule is CN=C(NCc1cc(C(C)C)no1)NC1C2CCOC2C1(C)C. The molecule has 128 valence electrons. The van der Waals surface area contributed by atoms with E-state index in [9.17, 15) is 0 Å². The Kier molecular flexibility index (Phi) is 4.36. The van der Waals surface area contributed by atoms with Gasteiger partial charge in [-0.2, -0.15) is 0 Å². The van der Waals surface area contributed by atoms with E-state index in [0.717, 1.165) is 30.4 Å². The molecule has 2 heterocycles. The maximum absolute atomic E-state index is 5.84. The zero-order valence-corrected chi connectivity index (χ0v) is 14.7. The Hall–Kier alpha value is -1.56. The summed E-state index contributed by atoms with van der Waals surface area (Å²) in [6, 6.07) is 2.39. The second-order valence-corrected chi connectivity index (χ2v) is 7.49. The first kappa shape index (κ1) is 16.3. The summed E-state index contributed by atoms with van der Waals surface area (Å²) < 4.78 is 11.2. The second kappa shape index (κ2) is 6.15. The number of fused-ring (bicyclic) bond motifs is 1.